The van der Waals surface area contributed by atoms with E-state index in [4.69, 9.17) is 14.2 Å². The van der Waals surface area contributed by atoms with Crippen LogP contribution in [0.5, 0.6) is 0 Å². The normalized spacial score (nSPS) is 11.2. The molecule has 0 aliphatic rings. The van der Waals surface area contributed by atoms with Crippen molar-refractivity contribution in [2.45, 2.75) is 71.1 Å². The molecule has 0 aromatic heterocycles. The quantitative estimate of drug-likeness (QED) is 0.257. The summed E-state index contributed by atoms with van der Waals surface area (Å²) in [5.74, 6) is -0.177. The molecule has 0 radical (unpaired) electrons. The van der Waals surface area contributed by atoms with Gasteiger partial charge in [0.2, 0.25) is 0 Å². The lowest BCUT2D eigenvalue weighted by atomic mass is 10.1. The molecular formula is C20H41NO4. The standard InChI is InChI=1S/C20H41NO4/c1-20(22)25-19-13-10-16-21(14-8-4-6-11-17-23-2)15-9-5-7-12-18-24-3/h4-19H2,1-3H3. The van der Waals surface area contributed by atoms with Gasteiger partial charge in [-0.25, -0.2) is 0 Å². The van der Waals surface area contributed by atoms with Crippen LogP contribution in [0.2, 0.25) is 0 Å². The first-order chi connectivity index (χ1) is 12.2. The number of carbonyl (C=O) groups excluding carboxylic acids is 1. The van der Waals surface area contributed by atoms with E-state index in [0.717, 1.165) is 32.6 Å². The van der Waals surface area contributed by atoms with Crippen LogP contribution in [0.15, 0.2) is 0 Å². The lowest BCUT2D eigenvalue weighted by Crippen LogP contribution is -2.27. The summed E-state index contributed by atoms with van der Waals surface area (Å²) in [5.41, 5.74) is 0. The predicted molar refractivity (Wildman–Crippen MR) is 103 cm³/mol. The maximum absolute atomic E-state index is 10.8. The predicted octanol–water partition coefficient (Wildman–Crippen LogP) is 4.05. The highest BCUT2D eigenvalue weighted by Gasteiger charge is 2.05. The van der Waals surface area contributed by atoms with Gasteiger partial charge in [-0.2, -0.15) is 0 Å². The van der Waals surface area contributed by atoms with Crippen molar-refractivity contribution in [1.29, 1.82) is 0 Å². The molecule has 0 unspecified atom stereocenters. The Bertz CT molecular complexity index is 271. The summed E-state index contributed by atoms with van der Waals surface area (Å²) in [6.07, 6.45) is 12.0. The van der Waals surface area contributed by atoms with Gasteiger partial charge in [0.1, 0.15) is 0 Å². The maximum Gasteiger partial charge on any atom is 0.302 e. The van der Waals surface area contributed by atoms with E-state index >= 15 is 0 Å². The third-order valence-corrected chi connectivity index (χ3v) is 4.32. The van der Waals surface area contributed by atoms with E-state index in [9.17, 15) is 4.79 Å². The molecule has 25 heavy (non-hydrogen) atoms. The van der Waals surface area contributed by atoms with E-state index in [-0.39, 0.29) is 5.97 Å². The number of hydrogen-bond donors (Lipinski definition) is 0. The molecule has 0 aromatic rings. The lowest BCUT2D eigenvalue weighted by molar-refractivity contribution is -0.141. The van der Waals surface area contributed by atoms with Crippen molar-refractivity contribution < 1.29 is 19.0 Å². The van der Waals surface area contributed by atoms with Crippen LogP contribution in [0, 0.1) is 0 Å². The summed E-state index contributed by atoms with van der Waals surface area (Å²) in [6, 6.07) is 0. The average Bonchev–Trinajstić information content (AvgIpc) is 2.59. The van der Waals surface area contributed by atoms with Gasteiger partial charge in [0.15, 0.2) is 0 Å². The van der Waals surface area contributed by atoms with Crippen LogP contribution >= 0.6 is 0 Å². The Balaban J connectivity index is 3.81. The minimum Gasteiger partial charge on any atom is -0.466 e. The number of esters is 1. The van der Waals surface area contributed by atoms with Gasteiger partial charge in [0, 0.05) is 34.4 Å². The molecule has 0 atom stereocenters. The van der Waals surface area contributed by atoms with E-state index in [1.165, 1.54) is 71.4 Å². The molecule has 0 heterocycles. The van der Waals surface area contributed by atoms with Gasteiger partial charge in [-0.1, -0.05) is 25.7 Å². The largest absolute Gasteiger partial charge is 0.466 e. The summed E-state index contributed by atoms with van der Waals surface area (Å²) < 4.78 is 15.2. The number of ether oxygens (including phenoxy) is 3. The van der Waals surface area contributed by atoms with Crippen LogP contribution in [-0.2, 0) is 19.0 Å². The second-order valence-corrected chi connectivity index (χ2v) is 6.70. The summed E-state index contributed by atoms with van der Waals surface area (Å²) >= 11 is 0. The van der Waals surface area contributed by atoms with Crippen LogP contribution in [0.25, 0.3) is 0 Å². The van der Waals surface area contributed by atoms with Gasteiger partial charge in [-0.3, -0.25) is 4.79 Å². The molecule has 0 saturated carbocycles. The second-order valence-electron chi connectivity index (χ2n) is 6.70. The molecular weight excluding hydrogens is 318 g/mol. The third-order valence-electron chi connectivity index (χ3n) is 4.32. The van der Waals surface area contributed by atoms with Gasteiger partial charge in [-0.15, -0.1) is 0 Å². The Hall–Kier alpha value is -0.650. The number of rotatable bonds is 19. The first-order valence-corrected chi connectivity index (χ1v) is 10.0. The van der Waals surface area contributed by atoms with E-state index in [2.05, 4.69) is 4.90 Å². The Morgan fingerprint density at radius 1 is 0.640 bits per heavy atom. The maximum atomic E-state index is 10.8. The van der Waals surface area contributed by atoms with Crippen LogP contribution in [0.4, 0.5) is 0 Å². The zero-order valence-corrected chi connectivity index (χ0v) is 16.9. The van der Waals surface area contributed by atoms with Crippen LogP contribution < -0.4 is 0 Å². The fraction of sp³-hybridized carbons (Fsp3) is 0.950. The van der Waals surface area contributed by atoms with Gasteiger partial charge >= 0.3 is 5.97 Å². The van der Waals surface area contributed by atoms with E-state index in [0.29, 0.717) is 6.61 Å². The van der Waals surface area contributed by atoms with E-state index < -0.39 is 0 Å². The molecule has 0 rings (SSSR count). The molecule has 0 aromatic carbocycles. The zero-order valence-electron chi connectivity index (χ0n) is 16.9. The van der Waals surface area contributed by atoms with Crippen molar-refractivity contribution >= 4 is 5.97 Å². The Morgan fingerprint density at radius 3 is 1.48 bits per heavy atom. The van der Waals surface area contributed by atoms with Crippen LogP contribution in [0.3, 0.4) is 0 Å². The highest BCUT2D eigenvalue weighted by molar-refractivity contribution is 5.65. The fourth-order valence-electron chi connectivity index (χ4n) is 2.86. The van der Waals surface area contributed by atoms with Gasteiger partial charge in [-0.05, 0) is 58.2 Å². The van der Waals surface area contributed by atoms with Gasteiger partial charge < -0.3 is 19.1 Å². The van der Waals surface area contributed by atoms with Crippen molar-refractivity contribution in [1.82, 2.24) is 4.90 Å². The van der Waals surface area contributed by atoms with Crippen molar-refractivity contribution in [3.63, 3.8) is 0 Å². The lowest BCUT2D eigenvalue weighted by Gasteiger charge is -2.22. The summed E-state index contributed by atoms with van der Waals surface area (Å²) in [5, 5.41) is 0. The zero-order chi connectivity index (χ0) is 18.6. The molecule has 0 amide bonds. The highest BCUT2D eigenvalue weighted by Crippen LogP contribution is 2.07. The van der Waals surface area contributed by atoms with Crippen LogP contribution in [0.1, 0.15) is 71.1 Å². The smallest absolute Gasteiger partial charge is 0.302 e. The molecule has 0 N–H and O–H groups in total. The average molecular weight is 360 g/mol. The molecule has 5 nitrogen and oxygen atoms in total. The SMILES string of the molecule is COCCCCCCN(CCCCCCOC)CCCCOC(C)=O. The number of carbonyl (C=O) groups is 1. The van der Waals surface area contributed by atoms with Crippen molar-refractivity contribution in [3.05, 3.63) is 0 Å². The van der Waals surface area contributed by atoms with Crippen molar-refractivity contribution in [2.24, 2.45) is 0 Å². The van der Waals surface area contributed by atoms with Gasteiger partial charge in [0.05, 0.1) is 6.61 Å². The molecule has 0 aliphatic carbocycles. The molecule has 0 spiro atoms. The minimum atomic E-state index is -0.177. The van der Waals surface area contributed by atoms with Crippen molar-refractivity contribution in [2.75, 3.05) is 53.7 Å². The molecule has 0 bridgehead atoms. The number of methoxy groups -OCH3 is 2. The first kappa shape index (κ1) is 24.4. The third kappa shape index (κ3) is 19.5. The molecule has 5 heteroatoms. The highest BCUT2D eigenvalue weighted by atomic mass is 16.5. The second kappa shape index (κ2) is 19.7. The molecule has 0 saturated heterocycles. The Labute approximate surface area is 155 Å². The van der Waals surface area contributed by atoms with E-state index in [1.54, 1.807) is 14.2 Å². The first-order valence-electron chi connectivity index (χ1n) is 10.0. The minimum absolute atomic E-state index is 0.177. The van der Waals surface area contributed by atoms with Crippen LogP contribution in [-0.4, -0.2) is 64.5 Å². The Kier molecular flexibility index (Phi) is 19.2. The summed E-state index contributed by atoms with van der Waals surface area (Å²) in [6.45, 7) is 7.24. The number of hydrogen-bond acceptors (Lipinski definition) is 5. The monoisotopic (exact) mass is 359 g/mol. The van der Waals surface area contributed by atoms with E-state index in [1.807, 2.05) is 0 Å². The molecule has 0 aliphatic heterocycles. The number of nitrogens with zero attached hydrogens (tertiary/aromatic N) is 1. The summed E-state index contributed by atoms with van der Waals surface area (Å²) in [7, 11) is 3.54. The molecule has 0 fully saturated rings. The fourth-order valence-corrected chi connectivity index (χ4v) is 2.86. The van der Waals surface area contributed by atoms with Crippen molar-refractivity contribution in [3.8, 4) is 0 Å². The van der Waals surface area contributed by atoms with Gasteiger partial charge in [0.25, 0.3) is 0 Å². The Morgan fingerprint density at radius 2 is 1.04 bits per heavy atom. The number of unbranched alkanes of at least 4 members (excludes halogenated alkanes) is 7. The topological polar surface area (TPSA) is 48.0 Å². The summed E-state index contributed by atoms with van der Waals surface area (Å²) in [4.78, 5) is 13.4. The molecule has 150 valence electrons.